The summed E-state index contributed by atoms with van der Waals surface area (Å²) < 4.78 is 6.96. The van der Waals surface area contributed by atoms with Gasteiger partial charge < -0.3 is 15.4 Å². The number of hydrogen-bond donors (Lipinski definition) is 2. The fourth-order valence-electron chi connectivity index (χ4n) is 3.15. The second kappa shape index (κ2) is 18.7. The summed E-state index contributed by atoms with van der Waals surface area (Å²) >= 11 is 1.28. The lowest BCUT2D eigenvalue weighted by Crippen LogP contribution is -2.33. The lowest BCUT2D eigenvalue weighted by molar-refractivity contribution is -0.115. The summed E-state index contributed by atoms with van der Waals surface area (Å²) in [5.41, 5.74) is 1.53. The van der Waals surface area contributed by atoms with Gasteiger partial charge in [0.25, 0.3) is 5.91 Å². The van der Waals surface area contributed by atoms with E-state index in [4.69, 9.17) is 10.00 Å². The number of amides is 2. The fourth-order valence-corrected chi connectivity index (χ4v) is 3.87. The van der Waals surface area contributed by atoms with Crippen LogP contribution in [-0.2, 0) is 15.1 Å². The Kier molecular flexibility index (Phi) is 16.2. The smallest absolute Gasteiger partial charge is 0.272 e. The molecule has 2 N–H and O–H groups in total. The topological polar surface area (TPSA) is 135 Å². The van der Waals surface area contributed by atoms with Gasteiger partial charge in [0.1, 0.15) is 16.9 Å². The summed E-state index contributed by atoms with van der Waals surface area (Å²) in [5.74, 6) is -0.0938. The zero-order chi connectivity index (χ0) is 31.7. The molecule has 0 bridgehead atoms. The predicted molar refractivity (Wildman–Crippen MR) is 169 cm³/mol. The number of nitriles is 1. The van der Waals surface area contributed by atoms with Gasteiger partial charge in [-0.05, 0) is 64.7 Å². The van der Waals surface area contributed by atoms with Crippen molar-refractivity contribution in [2.75, 3.05) is 18.5 Å². The van der Waals surface area contributed by atoms with Crippen LogP contribution in [0, 0.1) is 24.2 Å². The molecule has 11 heteroatoms. The van der Waals surface area contributed by atoms with Crippen molar-refractivity contribution in [3.63, 3.8) is 0 Å². The number of aryl methyl sites for hydroxylation is 1. The van der Waals surface area contributed by atoms with Crippen molar-refractivity contribution in [3.8, 4) is 17.5 Å². The minimum atomic E-state index is -0.870. The van der Waals surface area contributed by atoms with E-state index in [2.05, 4.69) is 59.5 Å². The van der Waals surface area contributed by atoms with E-state index < -0.39 is 17.4 Å². The van der Waals surface area contributed by atoms with Crippen molar-refractivity contribution >= 4 is 28.3 Å². The molecule has 0 aliphatic carbocycles. The van der Waals surface area contributed by atoms with Gasteiger partial charge >= 0.3 is 0 Å². The van der Waals surface area contributed by atoms with Gasteiger partial charge in [-0.15, -0.1) is 11.3 Å². The Bertz CT molecular complexity index is 1270. The van der Waals surface area contributed by atoms with Gasteiger partial charge in [0.05, 0.1) is 24.4 Å². The Balaban J connectivity index is 0.000000574. The first-order valence-corrected chi connectivity index (χ1v) is 15.4. The Hall–Kier alpha value is -3.62. The maximum absolute atomic E-state index is 12.2. The number of carbonyl (C=O) groups is 2. The maximum atomic E-state index is 12.2. The van der Waals surface area contributed by atoms with Crippen LogP contribution in [0.3, 0.4) is 0 Å². The van der Waals surface area contributed by atoms with Crippen molar-refractivity contribution in [1.82, 2.24) is 25.1 Å². The molecule has 230 valence electrons. The molecule has 0 fully saturated rings. The number of anilines is 1. The van der Waals surface area contributed by atoms with Crippen LogP contribution in [0.2, 0.25) is 0 Å². The monoisotopic (exact) mass is 597 g/mol. The third-order valence-corrected chi connectivity index (χ3v) is 7.02. The second-order valence-corrected chi connectivity index (χ2v) is 11.0. The molecule has 3 aromatic rings. The van der Waals surface area contributed by atoms with Crippen LogP contribution in [-0.4, -0.2) is 50.8 Å². The first kappa shape index (κ1) is 36.4. The molecule has 2 unspecified atom stereocenters. The number of ether oxygens (including phenoxy) is 1. The molecule has 2 amide bonds. The molecule has 0 radical (unpaired) electrons. The van der Waals surface area contributed by atoms with Crippen molar-refractivity contribution in [2.45, 2.75) is 93.2 Å². The van der Waals surface area contributed by atoms with E-state index in [1.54, 1.807) is 25.4 Å². The molecule has 0 aliphatic rings. The van der Waals surface area contributed by atoms with Gasteiger partial charge in [0.2, 0.25) is 5.91 Å². The molecule has 10 nitrogen and oxygen atoms in total. The Labute approximate surface area is 254 Å². The minimum absolute atomic E-state index is 0.128. The number of hydrogen-bond acceptors (Lipinski definition) is 8. The number of aromatic nitrogens is 4. The zero-order valence-corrected chi connectivity index (χ0v) is 27.3. The summed E-state index contributed by atoms with van der Waals surface area (Å²) in [4.78, 5) is 33.0. The highest BCUT2D eigenvalue weighted by atomic mass is 32.1. The molecule has 0 aromatic carbocycles. The minimum Gasteiger partial charge on any atom is -0.379 e. The maximum Gasteiger partial charge on any atom is 0.272 e. The lowest BCUT2D eigenvalue weighted by atomic mass is 10.1. The molecular formula is C31H47N7O3S. The van der Waals surface area contributed by atoms with Crippen molar-refractivity contribution in [2.24, 2.45) is 5.92 Å². The summed E-state index contributed by atoms with van der Waals surface area (Å²) in [7, 11) is 0. The van der Waals surface area contributed by atoms with Gasteiger partial charge in [-0.2, -0.15) is 10.4 Å². The average molecular weight is 598 g/mol. The fraction of sp³-hybridized carbons (Fsp3) is 0.548. The van der Waals surface area contributed by atoms with Gasteiger partial charge in [0, 0.05) is 23.9 Å². The first-order chi connectivity index (χ1) is 20.0. The zero-order valence-electron chi connectivity index (χ0n) is 26.5. The highest BCUT2D eigenvalue weighted by Gasteiger charge is 2.22. The third kappa shape index (κ3) is 12.5. The van der Waals surface area contributed by atoms with Crippen LogP contribution in [0.5, 0.6) is 0 Å². The van der Waals surface area contributed by atoms with E-state index in [-0.39, 0.29) is 12.2 Å². The number of thiazole rings is 1. The Morgan fingerprint density at radius 3 is 2.45 bits per heavy atom. The lowest BCUT2D eigenvalue weighted by Gasteiger charge is -2.15. The summed E-state index contributed by atoms with van der Waals surface area (Å²) in [6.07, 6.45) is 5.60. The Morgan fingerprint density at radius 1 is 1.12 bits per heavy atom. The van der Waals surface area contributed by atoms with Crippen LogP contribution >= 0.6 is 11.3 Å². The van der Waals surface area contributed by atoms with Gasteiger partial charge in [0.15, 0.2) is 5.13 Å². The van der Waals surface area contributed by atoms with E-state index in [1.807, 2.05) is 39.0 Å². The van der Waals surface area contributed by atoms with Crippen LogP contribution in [0.1, 0.15) is 90.8 Å². The highest BCUT2D eigenvalue weighted by Crippen LogP contribution is 2.23. The Morgan fingerprint density at radius 2 is 1.83 bits per heavy atom. The standard InChI is InChI=1S/C19H19N7O2S.C10H22O.C2H6/c1-12-5-4-6-13(22-12)15-10-29-18(23-15)24-16(27)9-21-17(28)14-7-8-26(25-14)19(2,3)11-20;1-5-9(3)7-8-11-10(4)6-2;1-2/h4-8,10H,9H2,1-3H3,(H,21,28)(H,23,24,27);9-10H,5-8H2,1-4H3;1-2H3. The van der Waals surface area contributed by atoms with E-state index >= 15 is 0 Å². The number of pyridine rings is 1. The first-order valence-electron chi connectivity index (χ1n) is 14.6. The highest BCUT2D eigenvalue weighted by molar-refractivity contribution is 7.14. The third-order valence-electron chi connectivity index (χ3n) is 6.26. The number of rotatable bonds is 12. The van der Waals surface area contributed by atoms with Crippen LogP contribution in [0.4, 0.5) is 5.13 Å². The molecule has 0 saturated heterocycles. The molecule has 0 aliphatic heterocycles. The summed E-state index contributed by atoms with van der Waals surface area (Å²) in [5, 5.41) is 20.6. The molecule has 42 heavy (non-hydrogen) atoms. The van der Waals surface area contributed by atoms with Crippen LogP contribution in [0.25, 0.3) is 11.4 Å². The molecule has 0 saturated carbocycles. The van der Waals surface area contributed by atoms with E-state index in [0.717, 1.165) is 30.3 Å². The number of nitrogens with one attached hydrogen (secondary N) is 2. The van der Waals surface area contributed by atoms with E-state index in [0.29, 0.717) is 16.9 Å². The second-order valence-electron chi connectivity index (χ2n) is 10.1. The number of nitrogens with zero attached hydrogens (tertiary/aromatic N) is 5. The molecule has 3 heterocycles. The normalized spacial score (nSPS) is 12.0. The van der Waals surface area contributed by atoms with Crippen molar-refractivity contribution in [1.29, 1.82) is 5.26 Å². The van der Waals surface area contributed by atoms with Gasteiger partial charge in [-0.1, -0.05) is 47.1 Å². The van der Waals surface area contributed by atoms with Crippen LogP contribution < -0.4 is 10.6 Å². The SMILES string of the molecule is CC.CCC(C)CCOC(C)CC.Cc1cccc(-c2csc(NC(=O)CNC(=O)c3ccn(C(C)(C)C#N)n3)n2)n1. The molecule has 2 atom stereocenters. The predicted octanol–water partition coefficient (Wildman–Crippen LogP) is 6.60. The molecular weight excluding hydrogens is 550 g/mol. The molecule has 0 spiro atoms. The largest absolute Gasteiger partial charge is 0.379 e. The molecule has 3 aromatic heterocycles. The van der Waals surface area contributed by atoms with Crippen molar-refractivity contribution in [3.05, 3.63) is 47.2 Å². The quantitative estimate of drug-likeness (QED) is 0.240. The van der Waals surface area contributed by atoms with Crippen molar-refractivity contribution < 1.29 is 14.3 Å². The number of carbonyl (C=O) groups excluding carboxylic acids is 2. The van der Waals surface area contributed by atoms with E-state index in [1.165, 1.54) is 34.9 Å². The summed E-state index contributed by atoms with van der Waals surface area (Å²) in [6, 6.07) is 9.23. The average Bonchev–Trinajstić information content (AvgIpc) is 3.68. The van der Waals surface area contributed by atoms with E-state index in [9.17, 15) is 9.59 Å². The van der Waals surface area contributed by atoms with Gasteiger partial charge in [-0.25, -0.2) is 4.98 Å². The summed E-state index contributed by atoms with van der Waals surface area (Å²) in [6.45, 7) is 18.8. The molecule has 3 rings (SSSR count). The van der Waals surface area contributed by atoms with Gasteiger partial charge in [-0.3, -0.25) is 19.3 Å². The van der Waals surface area contributed by atoms with Crippen LogP contribution in [0.15, 0.2) is 35.8 Å².